The van der Waals surface area contributed by atoms with E-state index in [-0.39, 0.29) is 11.8 Å². The van der Waals surface area contributed by atoms with Gasteiger partial charge < -0.3 is 10.0 Å². The minimum atomic E-state index is -0.840. The molecule has 2 atom stereocenters. The van der Waals surface area contributed by atoms with Crippen molar-refractivity contribution >= 4 is 18.0 Å². The van der Waals surface area contributed by atoms with Crippen molar-refractivity contribution in [3.05, 3.63) is 42.0 Å². The number of hydrogen-bond acceptors (Lipinski definition) is 3. The van der Waals surface area contributed by atoms with Gasteiger partial charge in [0.25, 0.3) is 0 Å². The molecule has 5 nitrogen and oxygen atoms in total. The Kier molecular flexibility index (Phi) is 4.76. The van der Waals surface area contributed by atoms with Crippen LogP contribution in [0.15, 0.2) is 36.4 Å². The van der Waals surface area contributed by atoms with Crippen LogP contribution in [-0.2, 0) is 9.59 Å². The molecule has 3 rings (SSSR count). The maximum atomic E-state index is 12.2. The van der Waals surface area contributed by atoms with Gasteiger partial charge in [-0.15, -0.1) is 0 Å². The summed E-state index contributed by atoms with van der Waals surface area (Å²) in [5.41, 5.74) is 1.19. The van der Waals surface area contributed by atoms with E-state index < -0.39 is 11.9 Å². The molecule has 122 valence electrons. The van der Waals surface area contributed by atoms with Crippen molar-refractivity contribution in [1.29, 1.82) is 0 Å². The first-order chi connectivity index (χ1) is 11.1. The van der Waals surface area contributed by atoms with Gasteiger partial charge >= 0.3 is 5.97 Å². The summed E-state index contributed by atoms with van der Waals surface area (Å²) in [7, 11) is 0. The topological polar surface area (TPSA) is 60.9 Å². The molecule has 5 heteroatoms. The average Bonchev–Trinajstić information content (AvgIpc) is 3.37. The lowest BCUT2D eigenvalue weighted by molar-refractivity contribution is -0.142. The van der Waals surface area contributed by atoms with Gasteiger partial charge in [0.15, 0.2) is 0 Å². The van der Waals surface area contributed by atoms with E-state index in [9.17, 15) is 9.59 Å². The van der Waals surface area contributed by atoms with Gasteiger partial charge in [0.2, 0.25) is 5.91 Å². The summed E-state index contributed by atoms with van der Waals surface area (Å²) >= 11 is 0. The fourth-order valence-electron chi connectivity index (χ4n) is 3.03. The van der Waals surface area contributed by atoms with E-state index >= 15 is 0 Å². The molecule has 2 unspecified atom stereocenters. The van der Waals surface area contributed by atoms with E-state index in [1.807, 2.05) is 23.1 Å². The van der Waals surface area contributed by atoms with Crippen LogP contribution in [0.2, 0.25) is 0 Å². The van der Waals surface area contributed by atoms with E-state index in [2.05, 4.69) is 29.2 Å². The summed E-state index contributed by atoms with van der Waals surface area (Å²) in [4.78, 5) is 27.2. The first-order valence-electron chi connectivity index (χ1n) is 8.10. The number of carboxylic acid groups (broad SMARTS) is 1. The number of amides is 1. The number of rotatable bonds is 5. The van der Waals surface area contributed by atoms with Crippen molar-refractivity contribution in [3.63, 3.8) is 0 Å². The number of carboxylic acids is 1. The Morgan fingerprint density at radius 1 is 1.09 bits per heavy atom. The summed E-state index contributed by atoms with van der Waals surface area (Å²) in [6.45, 7) is 3.95. The van der Waals surface area contributed by atoms with Gasteiger partial charge in [0, 0.05) is 32.7 Å². The van der Waals surface area contributed by atoms with Crippen LogP contribution in [0.25, 0.3) is 6.08 Å². The first-order valence-corrected chi connectivity index (χ1v) is 8.10. The monoisotopic (exact) mass is 314 g/mol. The molecule has 2 aliphatic rings. The third kappa shape index (κ3) is 3.99. The molecule has 1 aliphatic heterocycles. The predicted molar refractivity (Wildman–Crippen MR) is 87.7 cm³/mol. The molecule has 0 radical (unpaired) electrons. The number of carbonyl (C=O) groups is 2. The van der Waals surface area contributed by atoms with Crippen molar-refractivity contribution in [1.82, 2.24) is 9.80 Å². The van der Waals surface area contributed by atoms with Crippen molar-refractivity contribution < 1.29 is 14.7 Å². The van der Waals surface area contributed by atoms with Gasteiger partial charge in [-0.05, 0) is 12.0 Å². The molecule has 1 saturated carbocycles. The maximum absolute atomic E-state index is 12.2. The second kappa shape index (κ2) is 6.96. The van der Waals surface area contributed by atoms with Crippen LogP contribution in [0.5, 0.6) is 0 Å². The summed E-state index contributed by atoms with van der Waals surface area (Å²) in [5, 5.41) is 8.92. The zero-order valence-corrected chi connectivity index (χ0v) is 13.1. The highest BCUT2D eigenvalue weighted by Crippen LogP contribution is 2.40. The van der Waals surface area contributed by atoms with Crippen LogP contribution in [0.4, 0.5) is 0 Å². The molecule has 1 saturated heterocycles. The number of benzene rings is 1. The Labute approximate surface area is 136 Å². The molecule has 1 N–H and O–H groups in total. The van der Waals surface area contributed by atoms with E-state index in [0.717, 1.165) is 19.6 Å². The number of carbonyl (C=O) groups excluding carboxylic acids is 1. The standard InChI is InChI=1S/C18H22N2O3/c21-17(15-13-16(15)18(22)23)20-11-9-19(10-12-20)8-4-7-14-5-2-1-3-6-14/h1-7,15-16H,8-13H2,(H,22,23)/b7-4+. The molecule has 0 bridgehead atoms. The molecular formula is C18H22N2O3. The van der Waals surface area contributed by atoms with Crippen LogP contribution >= 0.6 is 0 Å². The highest BCUT2D eigenvalue weighted by atomic mass is 16.4. The van der Waals surface area contributed by atoms with Crippen molar-refractivity contribution in [2.75, 3.05) is 32.7 Å². The zero-order chi connectivity index (χ0) is 16.2. The minimum absolute atomic E-state index is 0.0249. The Morgan fingerprint density at radius 2 is 1.78 bits per heavy atom. The second-order valence-electron chi connectivity index (χ2n) is 6.23. The van der Waals surface area contributed by atoms with Gasteiger partial charge in [-0.2, -0.15) is 0 Å². The highest BCUT2D eigenvalue weighted by Gasteiger charge is 2.49. The number of hydrogen-bond donors (Lipinski definition) is 1. The highest BCUT2D eigenvalue weighted by molar-refractivity contribution is 5.89. The summed E-state index contributed by atoms with van der Waals surface area (Å²) in [6.07, 6.45) is 4.77. The van der Waals surface area contributed by atoms with Crippen LogP contribution in [0.1, 0.15) is 12.0 Å². The third-order valence-corrected chi connectivity index (χ3v) is 4.58. The van der Waals surface area contributed by atoms with Gasteiger partial charge in [-0.25, -0.2) is 0 Å². The van der Waals surface area contributed by atoms with E-state index in [0.29, 0.717) is 19.5 Å². The van der Waals surface area contributed by atoms with Gasteiger partial charge in [0.05, 0.1) is 11.8 Å². The maximum Gasteiger partial charge on any atom is 0.307 e. The summed E-state index contributed by atoms with van der Waals surface area (Å²) < 4.78 is 0. The van der Waals surface area contributed by atoms with Gasteiger partial charge in [-0.1, -0.05) is 42.5 Å². The molecule has 1 aromatic carbocycles. The quantitative estimate of drug-likeness (QED) is 0.896. The fourth-order valence-corrected chi connectivity index (χ4v) is 3.03. The number of aliphatic carboxylic acids is 1. The lowest BCUT2D eigenvalue weighted by Crippen LogP contribution is -2.49. The lowest BCUT2D eigenvalue weighted by Gasteiger charge is -2.34. The fraction of sp³-hybridized carbons (Fsp3) is 0.444. The molecular weight excluding hydrogens is 292 g/mol. The average molecular weight is 314 g/mol. The van der Waals surface area contributed by atoms with Crippen molar-refractivity contribution in [2.24, 2.45) is 11.8 Å². The Morgan fingerprint density at radius 3 is 2.39 bits per heavy atom. The van der Waals surface area contributed by atoms with E-state index in [1.165, 1.54) is 5.56 Å². The number of nitrogens with zero attached hydrogens (tertiary/aromatic N) is 2. The number of piperazine rings is 1. The first kappa shape index (κ1) is 15.7. The smallest absolute Gasteiger partial charge is 0.307 e. The molecule has 0 spiro atoms. The van der Waals surface area contributed by atoms with Crippen molar-refractivity contribution in [2.45, 2.75) is 6.42 Å². The molecule has 0 aromatic heterocycles. The molecule has 2 fully saturated rings. The Hall–Kier alpha value is -2.14. The molecule has 1 aromatic rings. The second-order valence-corrected chi connectivity index (χ2v) is 6.23. The van der Waals surface area contributed by atoms with E-state index in [4.69, 9.17) is 5.11 Å². The van der Waals surface area contributed by atoms with Crippen LogP contribution in [0, 0.1) is 11.8 Å². The van der Waals surface area contributed by atoms with Crippen LogP contribution < -0.4 is 0 Å². The SMILES string of the molecule is O=C(O)C1CC1C(=O)N1CCN(C/C=C/c2ccccc2)CC1. The molecule has 1 amide bonds. The predicted octanol–water partition coefficient (Wildman–Crippen LogP) is 1.56. The Bertz CT molecular complexity index is 592. The van der Waals surface area contributed by atoms with Crippen LogP contribution in [0.3, 0.4) is 0 Å². The third-order valence-electron chi connectivity index (χ3n) is 4.58. The van der Waals surface area contributed by atoms with Gasteiger partial charge in [0.1, 0.15) is 0 Å². The zero-order valence-electron chi connectivity index (χ0n) is 13.1. The lowest BCUT2D eigenvalue weighted by atomic mass is 10.2. The van der Waals surface area contributed by atoms with E-state index in [1.54, 1.807) is 0 Å². The van der Waals surface area contributed by atoms with Crippen molar-refractivity contribution in [3.8, 4) is 0 Å². The molecule has 1 heterocycles. The van der Waals surface area contributed by atoms with Gasteiger partial charge in [-0.3, -0.25) is 14.5 Å². The summed E-state index contributed by atoms with van der Waals surface area (Å²) in [6, 6.07) is 10.2. The normalized spacial score (nSPS) is 24.8. The van der Waals surface area contributed by atoms with Crippen LogP contribution in [-0.4, -0.2) is 59.5 Å². The minimum Gasteiger partial charge on any atom is -0.481 e. The Balaban J connectivity index is 1.41. The molecule has 23 heavy (non-hydrogen) atoms. The largest absolute Gasteiger partial charge is 0.481 e. The molecule has 1 aliphatic carbocycles. The summed E-state index contributed by atoms with van der Waals surface area (Å²) in [5.74, 6) is -1.55.